The number of anilines is 3. The van der Waals surface area contributed by atoms with E-state index in [0.717, 1.165) is 15.9 Å². The van der Waals surface area contributed by atoms with E-state index in [4.69, 9.17) is 4.74 Å². The number of benzene rings is 4. The summed E-state index contributed by atoms with van der Waals surface area (Å²) in [4.78, 5) is 23.5. The van der Waals surface area contributed by atoms with Gasteiger partial charge in [0.2, 0.25) is 5.91 Å². The average Bonchev–Trinajstić information content (AvgIpc) is 2.96. The molecule has 0 aliphatic rings. The molecule has 4 rings (SSSR count). The van der Waals surface area contributed by atoms with Crippen LogP contribution in [0.5, 0.6) is 5.75 Å². The Morgan fingerprint density at radius 1 is 0.860 bits per heavy atom. The summed E-state index contributed by atoms with van der Waals surface area (Å²) in [5.41, 5.74) is 1.51. The van der Waals surface area contributed by atoms with Crippen LogP contribution in [0.1, 0.15) is 11.1 Å². The van der Waals surface area contributed by atoms with Crippen molar-refractivity contribution < 1.29 is 31.3 Å². The lowest BCUT2D eigenvalue weighted by Gasteiger charge is -2.24. The van der Waals surface area contributed by atoms with E-state index in [0.29, 0.717) is 11.4 Å². The van der Waals surface area contributed by atoms with Gasteiger partial charge in [-0.15, -0.1) is 0 Å². The van der Waals surface area contributed by atoms with Crippen LogP contribution in [0.2, 0.25) is 0 Å². The Kier molecular flexibility index (Phi) is 9.01. The molecule has 4 aromatic rings. The number of nitro groups is 1. The molecule has 0 saturated carbocycles. The lowest BCUT2D eigenvalue weighted by molar-refractivity contribution is -0.385. The zero-order valence-corrected chi connectivity index (χ0v) is 25.0. The lowest BCUT2D eigenvalue weighted by Crippen LogP contribution is -2.38. The molecule has 0 radical (unpaired) electrons. The number of amides is 1. The van der Waals surface area contributed by atoms with E-state index in [1.165, 1.54) is 74.7 Å². The molecule has 14 heteroatoms. The molecule has 0 bridgehead atoms. The van der Waals surface area contributed by atoms with E-state index in [2.05, 4.69) is 10.0 Å². The second kappa shape index (κ2) is 12.5. The van der Waals surface area contributed by atoms with Gasteiger partial charge in [-0.05, 0) is 86.1 Å². The van der Waals surface area contributed by atoms with Gasteiger partial charge >= 0.3 is 0 Å². The summed E-state index contributed by atoms with van der Waals surface area (Å²) in [7, 11) is -6.92. The maximum absolute atomic E-state index is 13.7. The van der Waals surface area contributed by atoms with E-state index in [1.807, 2.05) is 13.0 Å². The summed E-state index contributed by atoms with van der Waals surface area (Å²) in [5, 5.41) is 14.0. The third-order valence-electron chi connectivity index (χ3n) is 6.33. The molecular formula is C29H28N4O8S2. The number of carbonyl (C=O) groups is 1. The first-order valence-corrected chi connectivity index (χ1v) is 15.6. The van der Waals surface area contributed by atoms with E-state index in [1.54, 1.807) is 18.2 Å². The van der Waals surface area contributed by atoms with Crippen molar-refractivity contribution in [2.75, 3.05) is 28.0 Å². The monoisotopic (exact) mass is 624 g/mol. The van der Waals surface area contributed by atoms with Crippen molar-refractivity contribution in [3.8, 4) is 5.75 Å². The zero-order chi connectivity index (χ0) is 31.4. The quantitative estimate of drug-likeness (QED) is 0.176. The van der Waals surface area contributed by atoms with Gasteiger partial charge in [0, 0.05) is 23.0 Å². The van der Waals surface area contributed by atoms with Gasteiger partial charge < -0.3 is 10.1 Å². The number of sulfonamides is 2. The third kappa shape index (κ3) is 7.28. The molecule has 0 heterocycles. The average molecular weight is 625 g/mol. The first kappa shape index (κ1) is 31.0. The molecule has 0 unspecified atom stereocenters. The van der Waals surface area contributed by atoms with Gasteiger partial charge in [0.25, 0.3) is 25.7 Å². The topological polar surface area (TPSA) is 165 Å². The van der Waals surface area contributed by atoms with Crippen molar-refractivity contribution in [3.05, 3.63) is 112 Å². The summed E-state index contributed by atoms with van der Waals surface area (Å²) >= 11 is 0. The molecule has 43 heavy (non-hydrogen) atoms. The van der Waals surface area contributed by atoms with E-state index in [9.17, 15) is 31.7 Å². The van der Waals surface area contributed by atoms with Crippen LogP contribution in [0.25, 0.3) is 0 Å². The number of nitrogens with zero attached hydrogens (tertiary/aromatic N) is 2. The maximum atomic E-state index is 13.7. The Morgan fingerprint density at radius 3 is 2.12 bits per heavy atom. The summed E-state index contributed by atoms with van der Waals surface area (Å²) in [6, 6.07) is 21.6. The van der Waals surface area contributed by atoms with Crippen molar-refractivity contribution in [1.29, 1.82) is 0 Å². The van der Waals surface area contributed by atoms with E-state index < -0.39 is 37.4 Å². The van der Waals surface area contributed by atoms with Crippen molar-refractivity contribution in [1.82, 2.24) is 0 Å². The molecular weight excluding hydrogens is 596 g/mol. The number of nitro benzene ring substituents is 1. The number of aryl methyl sites for hydroxylation is 2. The molecule has 0 fully saturated rings. The smallest absolute Gasteiger partial charge is 0.273 e. The highest BCUT2D eigenvalue weighted by Gasteiger charge is 2.29. The van der Waals surface area contributed by atoms with Gasteiger partial charge in [0.05, 0.1) is 27.5 Å². The van der Waals surface area contributed by atoms with Gasteiger partial charge in [-0.1, -0.05) is 18.2 Å². The largest absolute Gasteiger partial charge is 0.497 e. The highest BCUT2D eigenvalue weighted by molar-refractivity contribution is 7.93. The second-order valence-corrected chi connectivity index (χ2v) is 13.0. The highest BCUT2D eigenvalue weighted by atomic mass is 32.2. The van der Waals surface area contributed by atoms with Crippen LogP contribution in [0, 0.1) is 24.0 Å². The molecule has 0 aromatic heterocycles. The number of methoxy groups -OCH3 is 1. The van der Waals surface area contributed by atoms with Gasteiger partial charge in [0.15, 0.2) is 0 Å². The van der Waals surface area contributed by atoms with Crippen molar-refractivity contribution in [2.24, 2.45) is 0 Å². The zero-order valence-electron chi connectivity index (χ0n) is 23.3. The predicted octanol–water partition coefficient (Wildman–Crippen LogP) is 4.86. The summed E-state index contributed by atoms with van der Waals surface area (Å²) in [6.45, 7) is 2.63. The van der Waals surface area contributed by atoms with Crippen molar-refractivity contribution >= 4 is 48.7 Å². The Hall–Kier alpha value is -4.95. The van der Waals surface area contributed by atoms with Crippen LogP contribution in [-0.4, -0.2) is 41.3 Å². The molecule has 0 atom stereocenters. The number of hydrogen-bond acceptors (Lipinski definition) is 8. The first-order chi connectivity index (χ1) is 20.3. The number of hydrogen-bond donors (Lipinski definition) is 2. The third-order valence-corrected chi connectivity index (χ3v) is 9.50. The van der Waals surface area contributed by atoms with Crippen molar-refractivity contribution in [2.45, 2.75) is 23.6 Å². The minimum Gasteiger partial charge on any atom is -0.497 e. The number of ether oxygens (including phenoxy) is 1. The van der Waals surface area contributed by atoms with Crippen molar-refractivity contribution in [3.63, 3.8) is 0 Å². The Labute approximate surface area is 249 Å². The molecule has 0 saturated heterocycles. The van der Waals surface area contributed by atoms with Gasteiger partial charge in [0.1, 0.15) is 12.3 Å². The Balaban J connectivity index is 1.58. The fourth-order valence-electron chi connectivity index (χ4n) is 4.11. The molecule has 0 aliphatic carbocycles. The molecule has 12 nitrogen and oxygen atoms in total. The van der Waals surface area contributed by atoms with Crippen LogP contribution >= 0.6 is 0 Å². The fourth-order valence-corrected chi connectivity index (χ4v) is 6.60. The first-order valence-electron chi connectivity index (χ1n) is 12.7. The van der Waals surface area contributed by atoms with Gasteiger partial charge in [-0.2, -0.15) is 0 Å². The summed E-state index contributed by atoms with van der Waals surface area (Å²) in [5.74, 6) is -0.294. The minimum absolute atomic E-state index is 0.0459. The molecule has 0 aliphatic heterocycles. The lowest BCUT2D eigenvalue weighted by atomic mass is 10.2. The maximum Gasteiger partial charge on any atom is 0.273 e. The molecule has 1 amide bonds. The van der Waals surface area contributed by atoms with Crippen LogP contribution in [0.3, 0.4) is 0 Å². The van der Waals surface area contributed by atoms with Crippen LogP contribution in [0.4, 0.5) is 22.7 Å². The Morgan fingerprint density at radius 2 is 1.51 bits per heavy atom. The van der Waals surface area contributed by atoms with Gasteiger partial charge in [-0.25, -0.2) is 16.8 Å². The number of rotatable bonds is 11. The number of nitrogens with one attached hydrogen (secondary N) is 2. The van der Waals surface area contributed by atoms with Crippen LogP contribution in [-0.2, 0) is 24.8 Å². The fraction of sp³-hybridized carbons (Fsp3) is 0.138. The van der Waals surface area contributed by atoms with Crippen LogP contribution in [0.15, 0.2) is 101 Å². The normalized spacial score (nSPS) is 11.4. The summed E-state index contributed by atoms with van der Waals surface area (Å²) < 4.78 is 61.5. The molecule has 2 N–H and O–H groups in total. The molecule has 224 valence electrons. The molecule has 4 aromatic carbocycles. The predicted molar refractivity (Wildman–Crippen MR) is 162 cm³/mol. The standard InChI is InChI=1S/C29H28N4O8S2/c1-20-5-4-6-23(17-20)31-42(37,38)26-15-8-22(9-16-26)30-29(34)19-32(24-10-12-25(41-3)13-11-24)43(39,40)27-14-7-21(2)28(18-27)33(35)36/h4-18,31H,19H2,1-3H3,(H,30,34). The van der Waals surface area contributed by atoms with Crippen LogP contribution < -0.4 is 19.1 Å². The summed E-state index contributed by atoms with van der Waals surface area (Å²) in [6.07, 6.45) is 0. The second-order valence-electron chi connectivity index (χ2n) is 9.46. The molecule has 0 spiro atoms. The highest BCUT2D eigenvalue weighted by Crippen LogP contribution is 2.29. The minimum atomic E-state index is -4.45. The van der Waals surface area contributed by atoms with E-state index in [-0.39, 0.29) is 32.4 Å². The van der Waals surface area contributed by atoms with Gasteiger partial charge in [-0.3, -0.25) is 23.9 Å². The van der Waals surface area contributed by atoms with E-state index >= 15 is 0 Å². The Bertz CT molecular complexity index is 1880. The number of carbonyl (C=O) groups excluding carboxylic acids is 1. The SMILES string of the molecule is COc1ccc(N(CC(=O)Nc2ccc(S(=O)(=O)Nc3cccc(C)c3)cc2)S(=O)(=O)c2ccc(C)c([N+](=O)[O-])c2)cc1.